The van der Waals surface area contributed by atoms with Crippen molar-refractivity contribution < 1.29 is 19.4 Å². The van der Waals surface area contributed by atoms with Gasteiger partial charge in [0.25, 0.3) is 5.91 Å². The molecule has 0 spiro atoms. The molecule has 0 radical (unpaired) electrons. The van der Waals surface area contributed by atoms with Gasteiger partial charge in [0.2, 0.25) is 0 Å². The highest BCUT2D eigenvalue weighted by molar-refractivity contribution is 9.11. The van der Waals surface area contributed by atoms with E-state index in [0.717, 1.165) is 24.1 Å². The lowest BCUT2D eigenvalue weighted by Gasteiger charge is -2.28. The Labute approximate surface area is 190 Å². The summed E-state index contributed by atoms with van der Waals surface area (Å²) >= 11 is 13.4. The van der Waals surface area contributed by atoms with Crippen LogP contribution in [0.2, 0.25) is 5.02 Å². The zero-order valence-electron chi connectivity index (χ0n) is 15.3. The molecule has 2 aromatic carbocycles. The summed E-state index contributed by atoms with van der Waals surface area (Å²) in [5, 5.41) is 15.1. The Morgan fingerprint density at radius 3 is 2.48 bits per heavy atom. The molecular weight excluding hydrogens is 527 g/mol. The van der Waals surface area contributed by atoms with Crippen LogP contribution in [-0.4, -0.2) is 29.6 Å². The number of carboxylic acid groups (broad SMARTS) is 1. The van der Waals surface area contributed by atoms with Gasteiger partial charge in [0.05, 0.1) is 19.7 Å². The van der Waals surface area contributed by atoms with Gasteiger partial charge in [-0.2, -0.15) is 0 Å². The maximum Gasteiger partial charge on any atom is 0.322 e. The molecule has 0 aliphatic heterocycles. The summed E-state index contributed by atoms with van der Waals surface area (Å²) < 4.78 is 7.06. The standard InChI is InChI=1S/C20H19Br2ClN2O4/c21-14-7-12(20(28)24-9-17(26)27)8-15(22)19(14)29-10-11-3-1-6-16(18(11)23)25-13-4-2-5-13/h1,3,6-8,13,25H,2,4-5,9-10H2,(H,24,28)(H,26,27). The topological polar surface area (TPSA) is 87.7 Å². The monoisotopic (exact) mass is 544 g/mol. The van der Waals surface area contributed by atoms with Crippen molar-refractivity contribution in [3.8, 4) is 5.75 Å². The minimum atomic E-state index is -1.11. The number of rotatable bonds is 8. The Kier molecular flexibility index (Phi) is 7.43. The summed E-state index contributed by atoms with van der Waals surface area (Å²) in [6.07, 6.45) is 3.55. The van der Waals surface area contributed by atoms with Crippen LogP contribution in [0.15, 0.2) is 39.3 Å². The van der Waals surface area contributed by atoms with E-state index in [1.807, 2.05) is 18.2 Å². The van der Waals surface area contributed by atoms with Crippen molar-refractivity contribution in [2.45, 2.75) is 31.9 Å². The molecule has 9 heteroatoms. The van der Waals surface area contributed by atoms with Crippen molar-refractivity contribution >= 4 is 61.0 Å². The van der Waals surface area contributed by atoms with Crippen molar-refractivity contribution in [2.75, 3.05) is 11.9 Å². The quantitative estimate of drug-likeness (QED) is 0.423. The van der Waals surface area contributed by atoms with E-state index in [0.29, 0.717) is 31.3 Å². The number of aliphatic carboxylic acids is 1. The highest BCUT2D eigenvalue weighted by Crippen LogP contribution is 2.36. The lowest BCUT2D eigenvalue weighted by atomic mass is 9.93. The van der Waals surface area contributed by atoms with Crippen LogP contribution in [0.3, 0.4) is 0 Å². The van der Waals surface area contributed by atoms with Crippen molar-refractivity contribution in [3.63, 3.8) is 0 Å². The normalized spacial score (nSPS) is 13.5. The largest absolute Gasteiger partial charge is 0.486 e. The van der Waals surface area contributed by atoms with E-state index in [1.165, 1.54) is 6.42 Å². The molecule has 0 saturated heterocycles. The smallest absolute Gasteiger partial charge is 0.322 e. The average Bonchev–Trinajstić information content (AvgIpc) is 2.63. The molecule has 1 amide bonds. The van der Waals surface area contributed by atoms with Crippen LogP contribution >= 0.6 is 43.5 Å². The van der Waals surface area contributed by atoms with E-state index in [2.05, 4.69) is 42.5 Å². The zero-order chi connectivity index (χ0) is 21.0. The van der Waals surface area contributed by atoms with E-state index in [9.17, 15) is 9.59 Å². The number of nitrogens with one attached hydrogen (secondary N) is 2. The molecule has 3 N–H and O–H groups in total. The lowest BCUT2D eigenvalue weighted by Crippen LogP contribution is -2.29. The van der Waals surface area contributed by atoms with Gasteiger partial charge in [0, 0.05) is 17.2 Å². The van der Waals surface area contributed by atoms with Crippen molar-refractivity contribution in [3.05, 3.63) is 55.4 Å². The molecule has 0 bridgehead atoms. The number of amides is 1. The van der Waals surface area contributed by atoms with Gasteiger partial charge in [-0.3, -0.25) is 9.59 Å². The predicted molar refractivity (Wildman–Crippen MR) is 119 cm³/mol. The fraction of sp³-hybridized carbons (Fsp3) is 0.300. The maximum atomic E-state index is 12.1. The second-order valence-electron chi connectivity index (χ2n) is 6.68. The van der Waals surface area contributed by atoms with Crippen LogP contribution < -0.4 is 15.4 Å². The second kappa shape index (κ2) is 9.82. The van der Waals surface area contributed by atoms with Gasteiger partial charge in [0.15, 0.2) is 0 Å². The summed E-state index contributed by atoms with van der Waals surface area (Å²) in [5.74, 6) is -1.08. The van der Waals surface area contributed by atoms with Gasteiger partial charge in [-0.25, -0.2) is 0 Å². The van der Waals surface area contributed by atoms with Crippen LogP contribution in [0.25, 0.3) is 0 Å². The molecule has 0 heterocycles. The van der Waals surface area contributed by atoms with E-state index < -0.39 is 18.4 Å². The highest BCUT2D eigenvalue weighted by atomic mass is 79.9. The number of hydrogen-bond acceptors (Lipinski definition) is 4. The number of halogens is 3. The number of carbonyl (C=O) groups excluding carboxylic acids is 1. The van der Waals surface area contributed by atoms with Crippen molar-refractivity contribution in [1.29, 1.82) is 0 Å². The first kappa shape index (κ1) is 21.9. The molecule has 1 fully saturated rings. The molecule has 1 saturated carbocycles. The first-order chi connectivity index (χ1) is 13.8. The molecule has 0 atom stereocenters. The Bertz CT molecular complexity index is 912. The number of hydrogen-bond donors (Lipinski definition) is 3. The maximum absolute atomic E-state index is 12.1. The van der Waals surface area contributed by atoms with Gasteiger partial charge in [-0.15, -0.1) is 0 Å². The molecule has 0 unspecified atom stereocenters. The molecule has 1 aliphatic rings. The molecule has 6 nitrogen and oxygen atoms in total. The summed E-state index contributed by atoms with van der Waals surface area (Å²) in [6, 6.07) is 9.43. The third-order valence-electron chi connectivity index (χ3n) is 4.58. The molecular formula is C20H19Br2ClN2O4. The van der Waals surface area contributed by atoms with E-state index in [-0.39, 0.29) is 6.61 Å². The first-order valence-electron chi connectivity index (χ1n) is 9.01. The van der Waals surface area contributed by atoms with Crippen LogP contribution in [0.5, 0.6) is 5.75 Å². The Balaban J connectivity index is 1.70. The molecule has 1 aliphatic carbocycles. The third-order valence-corrected chi connectivity index (χ3v) is 6.20. The Morgan fingerprint density at radius 1 is 1.21 bits per heavy atom. The minimum Gasteiger partial charge on any atom is -0.486 e. The van der Waals surface area contributed by atoms with Crippen molar-refractivity contribution in [2.24, 2.45) is 0 Å². The van der Waals surface area contributed by atoms with Crippen molar-refractivity contribution in [1.82, 2.24) is 5.32 Å². The molecule has 29 heavy (non-hydrogen) atoms. The molecule has 2 aromatic rings. The SMILES string of the molecule is O=C(O)CNC(=O)c1cc(Br)c(OCc2cccc(NC3CCC3)c2Cl)c(Br)c1. The highest BCUT2D eigenvalue weighted by Gasteiger charge is 2.19. The summed E-state index contributed by atoms with van der Waals surface area (Å²) in [4.78, 5) is 22.7. The van der Waals surface area contributed by atoms with Crippen LogP contribution in [-0.2, 0) is 11.4 Å². The van der Waals surface area contributed by atoms with Crippen LogP contribution in [0.4, 0.5) is 5.69 Å². The fourth-order valence-electron chi connectivity index (χ4n) is 2.81. The fourth-order valence-corrected chi connectivity index (χ4v) is 4.46. The number of ether oxygens (including phenoxy) is 1. The Morgan fingerprint density at radius 2 is 1.90 bits per heavy atom. The van der Waals surface area contributed by atoms with E-state index >= 15 is 0 Å². The zero-order valence-corrected chi connectivity index (χ0v) is 19.2. The first-order valence-corrected chi connectivity index (χ1v) is 11.0. The number of carbonyl (C=O) groups is 2. The average molecular weight is 547 g/mol. The van der Waals surface area contributed by atoms with E-state index in [1.54, 1.807) is 12.1 Å². The Hall–Kier alpha value is -1.77. The van der Waals surface area contributed by atoms with Gasteiger partial charge >= 0.3 is 5.97 Å². The minimum absolute atomic E-state index is 0.251. The van der Waals surface area contributed by atoms with Crippen LogP contribution in [0, 0.1) is 0 Å². The van der Waals surface area contributed by atoms with Gasteiger partial charge < -0.3 is 20.5 Å². The van der Waals surface area contributed by atoms with Crippen LogP contribution in [0.1, 0.15) is 35.2 Å². The molecule has 3 rings (SSSR count). The number of benzene rings is 2. The van der Waals surface area contributed by atoms with Gasteiger partial charge in [-0.1, -0.05) is 23.7 Å². The van der Waals surface area contributed by atoms with Gasteiger partial charge in [-0.05, 0) is 69.3 Å². The summed E-state index contributed by atoms with van der Waals surface area (Å²) in [6.45, 7) is -0.198. The van der Waals surface area contributed by atoms with E-state index in [4.69, 9.17) is 21.4 Å². The lowest BCUT2D eigenvalue weighted by molar-refractivity contribution is -0.135. The van der Waals surface area contributed by atoms with Gasteiger partial charge in [0.1, 0.15) is 18.9 Å². The summed E-state index contributed by atoms with van der Waals surface area (Å²) in [7, 11) is 0. The molecule has 0 aromatic heterocycles. The number of carboxylic acids is 1. The summed E-state index contributed by atoms with van der Waals surface area (Å²) in [5.41, 5.74) is 2.06. The second-order valence-corrected chi connectivity index (χ2v) is 8.77. The predicted octanol–water partition coefficient (Wildman–Crippen LogP) is 5.22. The molecule has 154 valence electrons. The number of anilines is 1. The third kappa shape index (κ3) is 5.65.